The molecule has 4 aliphatic rings. The zero-order chi connectivity index (χ0) is 42.4. The van der Waals surface area contributed by atoms with E-state index in [0.29, 0.717) is 58.8 Å². The molecule has 318 valence electrons. The molecule has 9 rings (SSSR count). The number of rotatable bonds is 9. The smallest absolute Gasteiger partial charge is 0.274 e. The summed E-state index contributed by atoms with van der Waals surface area (Å²) < 4.78 is 3.60. The second kappa shape index (κ2) is 16.5. The maximum absolute atomic E-state index is 13.5. The van der Waals surface area contributed by atoms with E-state index in [1.54, 1.807) is 32.0 Å². The summed E-state index contributed by atoms with van der Waals surface area (Å²) in [5, 5.41) is 39.2. The molecule has 0 bridgehead atoms. The molecule has 16 nitrogen and oxygen atoms in total. The average molecular weight is 827 g/mol. The Morgan fingerprint density at radius 2 is 1.61 bits per heavy atom. The van der Waals surface area contributed by atoms with Crippen molar-refractivity contribution in [1.82, 2.24) is 39.5 Å². The first-order valence-electron chi connectivity index (χ1n) is 21.6. The van der Waals surface area contributed by atoms with E-state index in [4.69, 9.17) is 5.10 Å². The fourth-order valence-corrected chi connectivity index (χ4v) is 9.90. The minimum absolute atomic E-state index is 0.222. The molecule has 0 radical (unpaired) electrons. The Labute approximate surface area is 354 Å². The number of aromatic nitrogens is 5. The minimum Gasteiger partial charge on any atom is -0.386 e. The summed E-state index contributed by atoms with van der Waals surface area (Å²) in [5.41, 5.74) is 4.30. The van der Waals surface area contributed by atoms with Gasteiger partial charge >= 0.3 is 0 Å². The minimum atomic E-state index is -1.23. The summed E-state index contributed by atoms with van der Waals surface area (Å²) in [4.78, 5) is 49.7. The number of carbonyl (C=O) groups is 3. The summed E-state index contributed by atoms with van der Waals surface area (Å²) in [7, 11) is 0. The van der Waals surface area contributed by atoms with Gasteiger partial charge in [0.25, 0.3) is 5.91 Å². The highest BCUT2D eigenvalue weighted by atomic mass is 16.3. The van der Waals surface area contributed by atoms with Gasteiger partial charge in [-0.2, -0.15) is 15.5 Å². The van der Waals surface area contributed by atoms with E-state index in [1.807, 2.05) is 24.4 Å². The first kappa shape index (κ1) is 40.5. The van der Waals surface area contributed by atoms with Gasteiger partial charge in [-0.25, -0.2) is 9.50 Å². The number of nitrogens with one attached hydrogen (secondary N) is 3. The number of nitrogens with zero attached hydrogens (tertiary/aromatic N) is 9. The lowest BCUT2D eigenvalue weighted by molar-refractivity contribution is -0.133. The number of piperidine rings is 2. The van der Waals surface area contributed by atoms with Crippen molar-refractivity contribution in [3.8, 4) is 6.07 Å². The van der Waals surface area contributed by atoms with E-state index in [2.05, 4.69) is 64.6 Å². The molecule has 4 fully saturated rings. The van der Waals surface area contributed by atoms with E-state index >= 15 is 0 Å². The lowest BCUT2D eigenvalue weighted by atomic mass is 9.89. The van der Waals surface area contributed by atoms with Gasteiger partial charge < -0.3 is 20.6 Å². The molecule has 3 saturated heterocycles. The third kappa shape index (κ3) is 8.42. The highest BCUT2D eigenvalue weighted by Crippen LogP contribution is 2.36. The van der Waals surface area contributed by atoms with Crippen molar-refractivity contribution in [3.05, 3.63) is 77.4 Å². The Bertz CT molecular complexity index is 2510. The van der Waals surface area contributed by atoms with Crippen molar-refractivity contribution in [2.24, 2.45) is 0 Å². The molecule has 0 spiro atoms. The Hall–Kier alpha value is -5.89. The average Bonchev–Trinajstić information content (AvgIpc) is 3.88. The van der Waals surface area contributed by atoms with Gasteiger partial charge in [0.1, 0.15) is 23.6 Å². The summed E-state index contributed by atoms with van der Waals surface area (Å²) in [6.45, 7) is 11.9. The third-order valence-electron chi connectivity index (χ3n) is 13.3. The first-order chi connectivity index (χ1) is 29.4. The molecular formula is C45H54N12O4. The van der Waals surface area contributed by atoms with Gasteiger partial charge in [0.15, 0.2) is 0 Å². The number of nitriles is 1. The van der Waals surface area contributed by atoms with Crippen LogP contribution in [0.25, 0.3) is 16.4 Å². The molecule has 3 aliphatic heterocycles. The number of anilines is 3. The van der Waals surface area contributed by atoms with Crippen molar-refractivity contribution in [1.29, 1.82) is 5.26 Å². The summed E-state index contributed by atoms with van der Waals surface area (Å²) in [5.74, 6) is -0.222. The van der Waals surface area contributed by atoms with Crippen molar-refractivity contribution in [2.75, 3.05) is 54.8 Å². The largest absolute Gasteiger partial charge is 0.386 e. The Morgan fingerprint density at radius 1 is 0.902 bits per heavy atom. The lowest BCUT2D eigenvalue weighted by Gasteiger charge is -2.46. The number of aliphatic hydroxyl groups is 1. The van der Waals surface area contributed by atoms with Gasteiger partial charge in [-0.1, -0.05) is 0 Å². The molecule has 16 heteroatoms. The van der Waals surface area contributed by atoms with Crippen LogP contribution in [0.15, 0.2) is 55.0 Å². The second-order valence-electron chi connectivity index (χ2n) is 17.7. The number of hydrogen-bond acceptors (Lipinski definition) is 12. The summed E-state index contributed by atoms with van der Waals surface area (Å²) in [6.07, 6.45) is 12.8. The van der Waals surface area contributed by atoms with Crippen molar-refractivity contribution in [2.45, 2.75) is 102 Å². The summed E-state index contributed by atoms with van der Waals surface area (Å²) in [6, 6.07) is 14.0. The van der Waals surface area contributed by atoms with Crippen molar-refractivity contribution < 1.29 is 19.5 Å². The molecule has 61 heavy (non-hydrogen) atoms. The molecule has 4 aromatic heterocycles. The monoisotopic (exact) mass is 826 g/mol. The van der Waals surface area contributed by atoms with Crippen LogP contribution in [0.5, 0.6) is 0 Å². The molecule has 7 heterocycles. The van der Waals surface area contributed by atoms with Gasteiger partial charge in [0.2, 0.25) is 11.8 Å². The van der Waals surface area contributed by atoms with E-state index in [9.17, 15) is 24.8 Å². The fraction of sp³-hybridized carbons (Fsp3) is 0.489. The van der Waals surface area contributed by atoms with Crippen LogP contribution in [0.4, 0.5) is 17.2 Å². The molecule has 4 N–H and O–H groups in total. The van der Waals surface area contributed by atoms with Gasteiger partial charge in [-0.3, -0.25) is 34.2 Å². The van der Waals surface area contributed by atoms with E-state index < -0.39 is 11.6 Å². The normalized spacial score (nSPS) is 22.3. The zero-order valence-corrected chi connectivity index (χ0v) is 35.1. The number of hydrogen-bond donors (Lipinski definition) is 4. The molecule has 5 aromatic rings. The molecule has 1 saturated carbocycles. The van der Waals surface area contributed by atoms with E-state index in [0.717, 1.165) is 99.9 Å². The molecular weight excluding hydrogens is 773 g/mol. The number of amides is 3. The van der Waals surface area contributed by atoms with Gasteiger partial charge in [-0.15, -0.1) is 0 Å². The molecule has 1 atom stereocenters. The van der Waals surface area contributed by atoms with Crippen LogP contribution in [0.1, 0.15) is 98.4 Å². The van der Waals surface area contributed by atoms with Gasteiger partial charge in [0, 0.05) is 80.6 Å². The Balaban J connectivity index is 0.764. The number of piperazine rings is 1. The quantitative estimate of drug-likeness (QED) is 0.150. The zero-order valence-electron chi connectivity index (χ0n) is 35.1. The van der Waals surface area contributed by atoms with Crippen LogP contribution in [-0.2, 0) is 15.2 Å². The molecule has 3 amide bonds. The number of benzene rings is 1. The maximum atomic E-state index is 13.5. The molecule has 1 aliphatic carbocycles. The van der Waals surface area contributed by atoms with Crippen LogP contribution >= 0.6 is 0 Å². The molecule has 1 aromatic carbocycles. The van der Waals surface area contributed by atoms with Gasteiger partial charge in [0.05, 0.1) is 46.3 Å². The third-order valence-corrected chi connectivity index (χ3v) is 13.3. The Morgan fingerprint density at radius 3 is 2.28 bits per heavy atom. The van der Waals surface area contributed by atoms with Crippen LogP contribution in [0, 0.1) is 18.3 Å². The van der Waals surface area contributed by atoms with Crippen LogP contribution < -0.4 is 20.9 Å². The van der Waals surface area contributed by atoms with Crippen molar-refractivity contribution in [3.63, 3.8) is 0 Å². The Kier molecular flexibility index (Phi) is 11.0. The number of fused-ring (bicyclic) bond motifs is 2. The number of aryl methyl sites for hydroxylation is 1. The van der Waals surface area contributed by atoms with Gasteiger partial charge in [-0.05, 0) is 108 Å². The fourth-order valence-electron chi connectivity index (χ4n) is 9.90. The predicted octanol–water partition coefficient (Wildman–Crippen LogP) is 4.73. The number of carbonyl (C=O) groups excluding carboxylic acids is 3. The van der Waals surface area contributed by atoms with Crippen LogP contribution in [0.3, 0.4) is 0 Å². The van der Waals surface area contributed by atoms with Crippen molar-refractivity contribution >= 4 is 51.3 Å². The predicted molar refractivity (Wildman–Crippen MR) is 231 cm³/mol. The maximum Gasteiger partial charge on any atom is 0.274 e. The highest BCUT2D eigenvalue weighted by Gasteiger charge is 2.33. The SMILES string of the molecule is Cc1cc(NC2CCC(=O)NC2=O)ncc1N1CCC(N2CCN(C3CCC(n4cc5cc(NC(=O)c6ccc7cc(C#N)cnn67)c(C(C)(C)O)cc5n4)CC3)CC2)CC1. The summed E-state index contributed by atoms with van der Waals surface area (Å²) >= 11 is 0. The van der Waals surface area contributed by atoms with Crippen LogP contribution in [0.2, 0.25) is 0 Å². The topological polar surface area (TPSA) is 189 Å². The second-order valence-corrected chi connectivity index (χ2v) is 17.7. The van der Waals surface area contributed by atoms with E-state index in [-0.39, 0.29) is 23.8 Å². The number of pyridine rings is 1. The number of imide groups is 1. The highest BCUT2D eigenvalue weighted by molar-refractivity contribution is 6.05. The standard InChI is InChI=1S/C45H54N12O4/c1-28-20-41(49-36-9-11-42(58)51-43(36)59)47-26-40(28)55-14-12-32(13-15-55)54-18-16-53(17-19-54)31-4-6-33(7-5-31)56-27-30-22-38(35(45(2,3)61)23-37(30)52-56)50-44(60)39-10-8-34-21-29(24-46)25-48-57(34)39/h8,10,20-23,25-27,31-33,36,61H,4-7,9,11-19H2,1-3H3,(H,47,49)(H,50,60)(H,51,58,59). The van der Waals surface area contributed by atoms with Crippen LogP contribution in [-0.4, -0.2) is 114 Å². The first-order valence-corrected chi connectivity index (χ1v) is 21.6. The van der Waals surface area contributed by atoms with E-state index in [1.165, 1.54) is 10.7 Å². The lowest BCUT2D eigenvalue weighted by Crippen LogP contribution is -2.55. The molecule has 1 unspecified atom stereocenters.